The maximum atomic E-state index is 12.8. The predicted octanol–water partition coefficient (Wildman–Crippen LogP) is 2.38. The summed E-state index contributed by atoms with van der Waals surface area (Å²) in [6.45, 7) is 0.625. The Morgan fingerprint density at radius 3 is 2.96 bits per heavy atom. The van der Waals surface area contributed by atoms with Gasteiger partial charge < -0.3 is 10.0 Å². The third kappa shape index (κ3) is 2.83. The summed E-state index contributed by atoms with van der Waals surface area (Å²) in [5.41, 5.74) is 2.06. The van der Waals surface area contributed by atoms with E-state index in [9.17, 15) is 9.90 Å². The number of rotatable bonds is 3. The van der Waals surface area contributed by atoms with Gasteiger partial charge in [0.1, 0.15) is 17.2 Å². The first-order valence-electron chi connectivity index (χ1n) is 8.35. The van der Waals surface area contributed by atoms with Gasteiger partial charge in [0.05, 0.1) is 18.3 Å². The number of aromatic nitrogens is 3. The molecule has 2 amide bonds. The van der Waals surface area contributed by atoms with E-state index in [1.54, 1.807) is 11.1 Å². The van der Waals surface area contributed by atoms with E-state index >= 15 is 0 Å². The Hall–Kier alpha value is -2.93. The Morgan fingerprint density at radius 2 is 2.16 bits per heavy atom. The number of nitrogens with zero attached hydrogens (tertiary/aromatic N) is 4. The molecule has 0 aromatic carbocycles. The van der Waals surface area contributed by atoms with E-state index in [-0.39, 0.29) is 18.7 Å². The number of pyridine rings is 2. The van der Waals surface area contributed by atoms with Crippen molar-refractivity contribution >= 4 is 17.5 Å². The van der Waals surface area contributed by atoms with Crippen molar-refractivity contribution in [3.05, 3.63) is 48.8 Å². The average Bonchev–Trinajstić information content (AvgIpc) is 3.27. The second-order valence-corrected chi connectivity index (χ2v) is 6.06. The maximum Gasteiger partial charge on any atom is 0.323 e. The number of hydrogen-bond donors (Lipinski definition) is 2. The van der Waals surface area contributed by atoms with Crippen LogP contribution in [0, 0.1) is 0 Å². The Morgan fingerprint density at radius 1 is 1.28 bits per heavy atom. The van der Waals surface area contributed by atoms with Gasteiger partial charge in [-0.25, -0.2) is 9.78 Å². The number of aliphatic hydroxyl groups excluding tert-OH is 1. The van der Waals surface area contributed by atoms with E-state index in [1.165, 1.54) is 0 Å². The van der Waals surface area contributed by atoms with Gasteiger partial charge >= 0.3 is 6.03 Å². The zero-order chi connectivity index (χ0) is 17.2. The number of aliphatic hydroxyl groups is 1. The fourth-order valence-electron chi connectivity index (χ4n) is 3.26. The van der Waals surface area contributed by atoms with Gasteiger partial charge in [-0.2, -0.15) is 0 Å². The molecule has 0 radical (unpaired) electrons. The monoisotopic (exact) mass is 337 g/mol. The standard InChI is InChI=1S/C18H19N5O2/c24-12-13-6-5-11-22(13)18(25)21-17-16(14-7-1-3-9-19-14)20-15-8-2-4-10-23(15)17/h1-4,7-10,13,24H,5-6,11-12H2,(H,21,25)/t13-/m0/s1. The first-order chi connectivity index (χ1) is 12.3. The first-order valence-corrected chi connectivity index (χ1v) is 8.35. The van der Waals surface area contributed by atoms with E-state index in [2.05, 4.69) is 15.3 Å². The Bertz CT molecular complexity index is 893. The number of urea groups is 1. The fourth-order valence-corrected chi connectivity index (χ4v) is 3.26. The van der Waals surface area contributed by atoms with Crippen molar-refractivity contribution in [1.29, 1.82) is 0 Å². The minimum absolute atomic E-state index is 0.0202. The van der Waals surface area contributed by atoms with Crippen molar-refractivity contribution in [2.75, 3.05) is 18.5 Å². The van der Waals surface area contributed by atoms with Gasteiger partial charge in [-0.05, 0) is 37.1 Å². The van der Waals surface area contributed by atoms with Crippen LogP contribution in [0.5, 0.6) is 0 Å². The third-order valence-corrected chi connectivity index (χ3v) is 4.51. The van der Waals surface area contributed by atoms with Crippen molar-refractivity contribution in [1.82, 2.24) is 19.3 Å². The van der Waals surface area contributed by atoms with Gasteiger partial charge in [0.2, 0.25) is 0 Å². The van der Waals surface area contributed by atoms with Crippen molar-refractivity contribution in [2.45, 2.75) is 18.9 Å². The summed E-state index contributed by atoms with van der Waals surface area (Å²) in [4.78, 5) is 23.4. The van der Waals surface area contributed by atoms with Crippen molar-refractivity contribution < 1.29 is 9.90 Å². The van der Waals surface area contributed by atoms with Crippen molar-refractivity contribution in [3.8, 4) is 11.4 Å². The summed E-state index contributed by atoms with van der Waals surface area (Å²) in [6, 6.07) is 10.9. The Balaban J connectivity index is 1.74. The molecule has 7 nitrogen and oxygen atoms in total. The molecule has 3 aromatic heterocycles. The number of hydrogen-bond acceptors (Lipinski definition) is 4. The fraction of sp³-hybridized carbons (Fsp3) is 0.278. The quantitative estimate of drug-likeness (QED) is 0.769. The van der Waals surface area contributed by atoms with Crippen LogP contribution in [0.3, 0.4) is 0 Å². The molecule has 0 spiro atoms. The van der Waals surface area contributed by atoms with Crippen LogP contribution in [0.4, 0.5) is 10.6 Å². The molecule has 1 saturated heterocycles. The number of likely N-dealkylation sites (tertiary alicyclic amines) is 1. The van der Waals surface area contributed by atoms with Crippen molar-refractivity contribution in [3.63, 3.8) is 0 Å². The summed E-state index contributed by atoms with van der Waals surface area (Å²) in [5.74, 6) is 0.586. The topological polar surface area (TPSA) is 82.8 Å². The summed E-state index contributed by atoms with van der Waals surface area (Å²) in [6.07, 6.45) is 5.29. The highest BCUT2D eigenvalue weighted by molar-refractivity contribution is 5.93. The summed E-state index contributed by atoms with van der Waals surface area (Å²) >= 11 is 0. The number of imidazole rings is 1. The SMILES string of the molecule is O=C(Nc1c(-c2ccccn2)nc2ccccn12)N1CCC[C@H]1CO. The molecule has 0 unspecified atom stereocenters. The van der Waals surface area contributed by atoms with Crippen molar-refractivity contribution in [2.24, 2.45) is 0 Å². The van der Waals surface area contributed by atoms with Gasteiger partial charge in [0.15, 0.2) is 0 Å². The summed E-state index contributed by atoms with van der Waals surface area (Å²) in [5, 5.41) is 12.4. The molecule has 0 bridgehead atoms. The first kappa shape index (κ1) is 15.6. The van der Waals surface area contributed by atoms with Crippen LogP contribution in [-0.2, 0) is 0 Å². The molecule has 3 aromatic rings. The van der Waals surface area contributed by atoms with Gasteiger partial charge in [-0.3, -0.25) is 14.7 Å². The van der Waals surface area contributed by atoms with Crippen LogP contribution >= 0.6 is 0 Å². The summed E-state index contributed by atoms with van der Waals surface area (Å²) in [7, 11) is 0. The van der Waals surface area contributed by atoms with Crippen LogP contribution in [0.1, 0.15) is 12.8 Å². The molecular formula is C18H19N5O2. The number of amides is 2. The maximum absolute atomic E-state index is 12.8. The highest BCUT2D eigenvalue weighted by Gasteiger charge is 2.29. The summed E-state index contributed by atoms with van der Waals surface area (Å²) < 4.78 is 1.84. The number of anilines is 1. The highest BCUT2D eigenvalue weighted by Crippen LogP contribution is 2.28. The molecule has 4 rings (SSSR count). The molecular weight excluding hydrogens is 318 g/mol. The lowest BCUT2D eigenvalue weighted by molar-refractivity contribution is 0.166. The molecule has 25 heavy (non-hydrogen) atoms. The molecule has 1 fully saturated rings. The molecule has 1 atom stereocenters. The van der Waals surface area contributed by atoms with Gasteiger partial charge in [0, 0.05) is 18.9 Å². The van der Waals surface area contributed by atoms with Gasteiger partial charge in [0.25, 0.3) is 0 Å². The number of carbonyl (C=O) groups excluding carboxylic acids is 1. The molecule has 7 heteroatoms. The minimum Gasteiger partial charge on any atom is -0.394 e. The largest absolute Gasteiger partial charge is 0.394 e. The molecule has 0 aliphatic carbocycles. The normalized spacial score (nSPS) is 17.2. The van der Waals surface area contributed by atoms with Crippen LogP contribution < -0.4 is 5.32 Å². The smallest absolute Gasteiger partial charge is 0.323 e. The van der Waals surface area contributed by atoms with E-state index in [0.29, 0.717) is 23.8 Å². The minimum atomic E-state index is -0.223. The third-order valence-electron chi connectivity index (χ3n) is 4.51. The highest BCUT2D eigenvalue weighted by atomic mass is 16.3. The zero-order valence-electron chi connectivity index (χ0n) is 13.7. The molecule has 1 aliphatic heterocycles. The second-order valence-electron chi connectivity index (χ2n) is 6.06. The van der Waals surface area contributed by atoms with E-state index in [4.69, 9.17) is 0 Å². The molecule has 2 N–H and O–H groups in total. The van der Waals surface area contributed by atoms with Crippen LogP contribution in [0.2, 0.25) is 0 Å². The lowest BCUT2D eigenvalue weighted by atomic mass is 10.2. The van der Waals surface area contributed by atoms with Crippen LogP contribution in [0.15, 0.2) is 48.8 Å². The Labute approximate surface area is 144 Å². The number of nitrogens with one attached hydrogen (secondary N) is 1. The van der Waals surface area contributed by atoms with E-state index in [0.717, 1.165) is 18.5 Å². The second kappa shape index (κ2) is 6.52. The zero-order valence-corrected chi connectivity index (χ0v) is 13.7. The number of fused-ring (bicyclic) bond motifs is 1. The Kier molecular flexibility index (Phi) is 4.07. The van der Waals surface area contributed by atoms with Crippen LogP contribution in [-0.4, -0.2) is 49.6 Å². The van der Waals surface area contributed by atoms with Crippen LogP contribution in [0.25, 0.3) is 17.0 Å². The molecule has 1 aliphatic rings. The average molecular weight is 337 g/mol. The molecule has 128 valence electrons. The van der Waals surface area contributed by atoms with Gasteiger partial charge in [-0.1, -0.05) is 12.1 Å². The van der Waals surface area contributed by atoms with E-state index in [1.807, 2.05) is 47.0 Å². The lowest BCUT2D eigenvalue weighted by Gasteiger charge is -2.23. The molecule has 4 heterocycles. The molecule has 0 saturated carbocycles. The van der Waals surface area contributed by atoms with Gasteiger partial charge in [-0.15, -0.1) is 0 Å². The predicted molar refractivity (Wildman–Crippen MR) is 94.3 cm³/mol. The number of carbonyl (C=O) groups is 1. The van der Waals surface area contributed by atoms with E-state index < -0.39 is 0 Å². The lowest BCUT2D eigenvalue weighted by Crippen LogP contribution is -2.40.